The highest BCUT2D eigenvalue weighted by molar-refractivity contribution is 5.94. The third-order valence-corrected chi connectivity index (χ3v) is 4.85. The largest absolute Gasteiger partial charge is 0.457 e. The SMILES string of the molecule is CC1=C(C(=O)OCc2ccccc2)C(c2ccccc2)c2ccccc2N1. The number of rotatable bonds is 4. The third-order valence-electron chi connectivity index (χ3n) is 4.85. The first-order valence-corrected chi connectivity index (χ1v) is 9.07. The van der Waals surface area contributed by atoms with Crippen LogP contribution in [0.2, 0.25) is 0 Å². The smallest absolute Gasteiger partial charge is 0.337 e. The second-order valence-electron chi connectivity index (χ2n) is 6.66. The van der Waals surface area contributed by atoms with E-state index in [4.69, 9.17) is 4.74 Å². The lowest BCUT2D eigenvalue weighted by Gasteiger charge is -2.30. The van der Waals surface area contributed by atoms with Crippen LogP contribution < -0.4 is 5.32 Å². The molecule has 0 spiro atoms. The zero-order valence-electron chi connectivity index (χ0n) is 15.2. The van der Waals surface area contributed by atoms with Gasteiger partial charge in [-0.2, -0.15) is 0 Å². The van der Waals surface area contributed by atoms with Gasteiger partial charge in [0, 0.05) is 17.3 Å². The van der Waals surface area contributed by atoms with Gasteiger partial charge >= 0.3 is 5.97 Å². The normalized spacial score (nSPS) is 15.7. The van der Waals surface area contributed by atoms with Crippen LogP contribution in [-0.2, 0) is 16.1 Å². The van der Waals surface area contributed by atoms with Crippen molar-refractivity contribution >= 4 is 11.7 Å². The van der Waals surface area contributed by atoms with Gasteiger partial charge in [0.05, 0.1) is 5.57 Å². The lowest BCUT2D eigenvalue weighted by atomic mass is 9.81. The van der Waals surface area contributed by atoms with E-state index in [1.54, 1.807) is 0 Å². The number of anilines is 1. The maximum Gasteiger partial charge on any atom is 0.337 e. The number of carbonyl (C=O) groups is 1. The Bertz CT molecular complexity index is 978. The van der Waals surface area contributed by atoms with E-state index in [1.165, 1.54) is 0 Å². The Morgan fingerprint density at radius 3 is 2.26 bits per heavy atom. The molecule has 1 N–H and O–H groups in total. The average molecular weight is 355 g/mol. The molecular formula is C24H21NO2. The lowest BCUT2D eigenvalue weighted by Crippen LogP contribution is -2.24. The molecule has 134 valence electrons. The summed E-state index contributed by atoms with van der Waals surface area (Å²) in [5.41, 5.74) is 5.67. The van der Waals surface area contributed by atoms with Crippen molar-refractivity contribution in [1.29, 1.82) is 0 Å². The molecule has 0 fully saturated rings. The molecule has 1 heterocycles. The number of ether oxygens (including phenoxy) is 1. The van der Waals surface area contributed by atoms with Gasteiger partial charge in [0.1, 0.15) is 6.61 Å². The highest BCUT2D eigenvalue weighted by Crippen LogP contribution is 2.41. The van der Waals surface area contributed by atoms with Gasteiger partial charge in [0.2, 0.25) is 0 Å². The minimum absolute atomic E-state index is 0.146. The zero-order valence-corrected chi connectivity index (χ0v) is 15.2. The van der Waals surface area contributed by atoms with Crippen LogP contribution in [0.5, 0.6) is 0 Å². The van der Waals surface area contributed by atoms with E-state index in [2.05, 4.69) is 23.5 Å². The van der Waals surface area contributed by atoms with Crippen LogP contribution in [0, 0.1) is 0 Å². The summed E-state index contributed by atoms with van der Waals surface area (Å²) in [5.74, 6) is -0.431. The highest BCUT2D eigenvalue weighted by atomic mass is 16.5. The Morgan fingerprint density at radius 2 is 1.52 bits per heavy atom. The fourth-order valence-electron chi connectivity index (χ4n) is 3.57. The molecular weight excluding hydrogens is 334 g/mol. The molecule has 0 aliphatic carbocycles. The van der Waals surface area contributed by atoms with Gasteiger partial charge < -0.3 is 10.1 Å². The molecule has 0 aromatic heterocycles. The Morgan fingerprint density at radius 1 is 0.889 bits per heavy atom. The van der Waals surface area contributed by atoms with Crippen LogP contribution >= 0.6 is 0 Å². The Balaban J connectivity index is 1.69. The van der Waals surface area contributed by atoms with Gasteiger partial charge in [0.25, 0.3) is 0 Å². The second-order valence-corrected chi connectivity index (χ2v) is 6.66. The first kappa shape index (κ1) is 17.1. The van der Waals surface area contributed by atoms with Crippen LogP contribution in [-0.4, -0.2) is 5.97 Å². The summed E-state index contributed by atoms with van der Waals surface area (Å²) >= 11 is 0. The summed E-state index contributed by atoms with van der Waals surface area (Å²) < 4.78 is 5.67. The van der Waals surface area contributed by atoms with Crippen molar-refractivity contribution < 1.29 is 9.53 Å². The van der Waals surface area contributed by atoms with E-state index >= 15 is 0 Å². The van der Waals surface area contributed by atoms with Gasteiger partial charge in [-0.05, 0) is 29.7 Å². The summed E-state index contributed by atoms with van der Waals surface area (Å²) in [6.07, 6.45) is 0. The van der Waals surface area contributed by atoms with E-state index in [1.807, 2.05) is 73.7 Å². The van der Waals surface area contributed by atoms with E-state index in [-0.39, 0.29) is 18.5 Å². The molecule has 0 bridgehead atoms. The third kappa shape index (κ3) is 3.49. The fraction of sp³-hybridized carbons (Fsp3) is 0.125. The molecule has 0 saturated heterocycles. The number of hydrogen-bond acceptors (Lipinski definition) is 3. The number of carbonyl (C=O) groups excluding carboxylic acids is 1. The second kappa shape index (κ2) is 7.50. The Kier molecular flexibility index (Phi) is 4.75. The van der Waals surface area contributed by atoms with Gasteiger partial charge in [-0.15, -0.1) is 0 Å². The quantitative estimate of drug-likeness (QED) is 0.649. The molecule has 0 amide bonds. The predicted octanol–water partition coefficient (Wildman–Crippen LogP) is 5.26. The van der Waals surface area contributed by atoms with Crippen LogP contribution in [0.25, 0.3) is 0 Å². The van der Waals surface area contributed by atoms with E-state index in [0.717, 1.165) is 28.1 Å². The topological polar surface area (TPSA) is 38.3 Å². The fourth-order valence-corrected chi connectivity index (χ4v) is 3.57. The molecule has 0 radical (unpaired) electrons. The van der Waals surface area contributed by atoms with Gasteiger partial charge in [-0.3, -0.25) is 0 Å². The summed E-state index contributed by atoms with van der Waals surface area (Å²) in [4.78, 5) is 13.1. The van der Waals surface area contributed by atoms with Crippen molar-refractivity contribution in [2.45, 2.75) is 19.4 Å². The van der Waals surface area contributed by atoms with Crippen molar-refractivity contribution in [1.82, 2.24) is 0 Å². The van der Waals surface area contributed by atoms with Crippen molar-refractivity contribution in [3.63, 3.8) is 0 Å². The number of allylic oxidation sites excluding steroid dienone is 1. The molecule has 3 nitrogen and oxygen atoms in total. The van der Waals surface area contributed by atoms with Crippen LogP contribution in [0.15, 0.2) is 96.2 Å². The van der Waals surface area contributed by atoms with Gasteiger partial charge in [0.15, 0.2) is 0 Å². The summed E-state index contributed by atoms with van der Waals surface area (Å²) in [6, 6.07) is 28.0. The molecule has 0 saturated carbocycles. The number of hydrogen-bond donors (Lipinski definition) is 1. The van der Waals surface area contributed by atoms with Crippen LogP contribution in [0.3, 0.4) is 0 Å². The van der Waals surface area contributed by atoms with Crippen LogP contribution in [0.1, 0.15) is 29.5 Å². The molecule has 4 rings (SSSR count). The monoisotopic (exact) mass is 355 g/mol. The number of benzene rings is 3. The maximum atomic E-state index is 13.1. The van der Waals surface area contributed by atoms with Crippen molar-refractivity contribution in [2.75, 3.05) is 5.32 Å². The van der Waals surface area contributed by atoms with Crippen LogP contribution in [0.4, 0.5) is 5.69 Å². The molecule has 1 atom stereocenters. The zero-order chi connectivity index (χ0) is 18.6. The van der Waals surface area contributed by atoms with E-state index in [0.29, 0.717) is 5.57 Å². The van der Waals surface area contributed by atoms with Crippen molar-refractivity contribution in [2.24, 2.45) is 0 Å². The molecule has 3 aromatic carbocycles. The van der Waals surface area contributed by atoms with Crippen molar-refractivity contribution in [3.8, 4) is 0 Å². The average Bonchev–Trinajstić information content (AvgIpc) is 2.72. The predicted molar refractivity (Wildman–Crippen MR) is 107 cm³/mol. The Hall–Kier alpha value is -3.33. The summed E-state index contributed by atoms with van der Waals surface area (Å²) in [6.45, 7) is 2.20. The lowest BCUT2D eigenvalue weighted by molar-refractivity contribution is -0.140. The minimum atomic E-state index is -0.285. The first-order chi connectivity index (χ1) is 13.2. The van der Waals surface area contributed by atoms with E-state index < -0.39 is 0 Å². The first-order valence-electron chi connectivity index (χ1n) is 9.07. The van der Waals surface area contributed by atoms with Crippen molar-refractivity contribution in [3.05, 3.63) is 113 Å². The summed E-state index contributed by atoms with van der Waals surface area (Å²) in [7, 11) is 0. The number of nitrogens with one attached hydrogen (secondary N) is 1. The highest BCUT2D eigenvalue weighted by Gasteiger charge is 2.32. The molecule has 1 aliphatic rings. The minimum Gasteiger partial charge on any atom is -0.457 e. The van der Waals surface area contributed by atoms with Gasteiger partial charge in [-0.25, -0.2) is 4.79 Å². The molecule has 27 heavy (non-hydrogen) atoms. The summed E-state index contributed by atoms with van der Waals surface area (Å²) in [5, 5.41) is 3.37. The number of esters is 1. The number of para-hydroxylation sites is 1. The Labute approximate surface area is 159 Å². The molecule has 3 heteroatoms. The maximum absolute atomic E-state index is 13.1. The number of fused-ring (bicyclic) bond motifs is 1. The van der Waals surface area contributed by atoms with E-state index in [9.17, 15) is 4.79 Å². The standard InChI is InChI=1S/C24H21NO2/c1-17-22(24(26)27-16-18-10-4-2-5-11-18)23(19-12-6-3-7-13-19)20-14-8-9-15-21(20)25-17/h2-15,23,25H,16H2,1H3. The molecule has 3 aromatic rings. The molecule has 1 aliphatic heterocycles. The van der Waals surface area contributed by atoms with Gasteiger partial charge in [-0.1, -0.05) is 78.9 Å². The molecule has 1 unspecified atom stereocenters.